The lowest BCUT2D eigenvalue weighted by atomic mass is 9.94. The number of H-pyrrole nitrogens is 1. The van der Waals surface area contributed by atoms with Gasteiger partial charge in [-0.05, 0) is 24.1 Å². The molecule has 0 unspecified atom stereocenters. The van der Waals surface area contributed by atoms with Crippen molar-refractivity contribution in [1.82, 2.24) is 25.9 Å². The average molecular weight is 315 g/mol. The van der Waals surface area contributed by atoms with E-state index >= 15 is 0 Å². The topological polar surface area (TPSA) is 104 Å². The summed E-state index contributed by atoms with van der Waals surface area (Å²) in [5.74, 6) is 0.170. The quantitative estimate of drug-likeness (QED) is 0.799. The molecule has 3 rings (SSSR count). The molecule has 7 heteroatoms. The Morgan fingerprint density at radius 1 is 1.17 bits per heavy atom. The van der Waals surface area contributed by atoms with Crippen molar-refractivity contribution in [2.75, 3.05) is 0 Å². The molecule has 1 heterocycles. The van der Waals surface area contributed by atoms with E-state index in [1.165, 1.54) is 0 Å². The normalized spacial score (nSPS) is 22.1. The molecule has 0 radical (unpaired) electrons. The molecule has 0 aliphatic heterocycles. The zero-order valence-electron chi connectivity index (χ0n) is 12.9. The Hall–Kier alpha value is -2.28. The highest BCUT2D eigenvalue weighted by molar-refractivity contribution is 6.00. The third-order valence-electron chi connectivity index (χ3n) is 4.30. The molecular weight excluding hydrogens is 294 g/mol. The first-order valence-corrected chi connectivity index (χ1v) is 8.07. The molecule has 3 N–H and O–H groups in total. The molecule has 1 fully saturated rings. The number of amides is 1. The number of aromatic nitrogens is 4. The van der Waals surface area contributed by atoms with Crippen molar-refractivity contribution in [3.05, 3.63) is 29.8 Å². The molecule has 1 saturated carbocycles. The number of hydrogen-bond donors (Lipinski definition) is 3. The lowest BCUT2D eigenvalue weighted by Crippen LogP contribution is -2.44. The van der Waals surface area contributed by atoms with Gasteiger partial charge < -0.3 is 10.4 Å². The fourth-order valence-electron chi connectivity index (χ4n) is 3.03. The van der Waals surface area contributed by atoms with Crippen LogP contribution in [0.15, 0.2) is 24.3 Å². The van der Waals surface area contributed by atoms with Crippen molar-refractivity contribution in [2.45, 2.75) is 50.7 Å². The second-order valence-electron chi connectivity index (χ2n) is 5.92. The van der Waals surface area contributed by atoms with Gasteiger partial charge in [0.25, 0.3) is 5.91 Å². The van der Waals surface area contributed by atoms with E-state index in [9.17, 15) is 9.90 Å². The van der Waals surface area contributed by atoms with Gasteiger partial charge in [0, 0.05) is 5.56 Å². The minimum atomic E-state index is -0.489. The molecule has 0 saturated heterocycles. The number of aliphatic hydroxyl groups excluding tert-OH is 1. The Labute approximate surface area is 134 Å². The van der Waals surface area contributed by atoms with Crippen molar-refractivity contribution < 1.29 is 9.90 Å². The molecule has 2 aromatic rings. The summed E-state index contributed by atoms with van der Waals surface area (Å²) in [6.45, 7) is 0. The van der Waals surface area contributed by atoms with Crippen molar-refractivity contribution in [3.63, 3.8) is 0 Å². The number of aliphatic hydroxyl groups is 1. The Bertz CT molecular complexity index is 644. The average Bonchev–Trinajstić information content (AvgIpc) is 3.09. The van der Waals surface area contributed by atoms with Crippen LogP contribution in [0.25, 0.3) is 11.4 Å². The standard InChI is InChI=1S/C16H21N5O2/c22-14-10-4-2-1-3-9-13(14)17-16(23)12-8-6-5-7-11(12)15-18-20-21-19-15/h5-8,13-14,22H,1-4,9-10H2,(H,17,23)(H,18,19,20,21)/t13-,14-/m0/s1. The molecule has 7 nitrogen and oxygen atoms in total. The molecule has 0 bridgehead atoms. The summed E-state index contributed by atoms with van der Waals surface area (Å²) in [5.41, 5.74) is 1.11. The molecular formula is C16H21N5O2. The molecule has 1 amide bonds. The zero-order chi connectivity index (χ0) is 16.1. The van der Waals surface area contributed by atoms with E-state index < -0.39 is 6.10 Å². The van der Waals surface area contributed by atoms with Gasteiger partial charge in [-0.25, -0.2) is 0 Å². The van der Waals surface area contributed by atoms with Crippen LogP contribution >= 0.6 is 0 Å². The molecule has 1 aliphatic rings. The minimum Gasteiger partial charge on any atom is -0.391 e. The van der Waals surface area contributed by atoms with E-state index in [1.54, 1.807) is 18.2 Å². The Balaban J connectivity index is 1.78. The predicted molar refractivity (Wildman–Crippen MR) is 84.6 cm³/mol. The number of nitrogens with one attached hydrogen (secondary N) is 2. The number of benzene rings is 1. The first-order valence-electron chi connectivity index (χ1n) is 8.07. The maximum Gasteiger partial charge on any atom is 0.252 e. The minimum absolute atomic E-state index is 0.207. The van der Waals surface area contributed by atoms with Crippen LogP contribution in [-0.4, -0.2) is 43.8 Å². The Morgan fingerprint density at radius 3 is 2.74 bits per heavy atom. The fourth-order valence-corrected chi connectivity index (χ4v) is 3.03. The summed E-state index contributed by atoms with van der Waals surface area (Å²) < 4.78 is 0. The van der Waals surface area contributed by atoms with Crippen molar-refractivity contribution in [2.24, 2.45) is 0 Å². The second kappa shape index (κ2) is 7.32. The van der Waals surface area contributed by atoms with Crippen LogP contribution in [0.3, 0.4) is 0 Å². The molecule has 2 atom stereocenters. The highest BCUT2D eigenvalue weighted by Crippen LogP contribution is 2.21. The van der Waals surface area contributed by atoms with Gasteiger partial charge in [0.2, 0.25) is 5.82 Å². The van der Waals surface area contributed by atoms with Crippen molar-refractivity contribution in [1.29, 1.82) is 0 Å². The van der Waals surface area contributed by atoms with Crippen LogP contribution in [0.5, 0.6) is 0 Å². The van der Waals surface area contributed by atoms with Gasteiger partial charge in [-0.2, -0.15) is 5.21 Å². The van der Waals surface area contributed by atoms with E-state index in [1.807, 2.05) is 6.07 Å². The summed E-state index contributed by atoms with van der Waals surface area (Å²) in [6, 6.07) is 6.94. The lowest BCUT2D eigenvalue weighted by Gasteiger charge is -2.26. The Morgan fingerprint density at radius 2 is 1.96 bits per heavy atom. The van der Waals surface area contributed by atoms with Gasteiger partial charge in [0.1, 0.15) is 0 Å². The fraction of sp³-hybridized carbons (Fsp3) is 0.500. The number of aromatic amines is 1. The van der Waals surface area contributed by atoms with Gasteiger partial charge in [0.15, 0.2) is 0 Å². The van der Waals surface area contributed by atoms with Gasteiger partial charge in [-0.15, -0.1) is 10.2 Å². The second-order valence-corrected chi connectivity index (χ2v) is 5.92. The third kappa shape index (κ3) is 3.73. The molecule has 1 aromatic carbocycles. The van der Waals surface area contributed by atoms with E-state index in [4.69, 9.17) is 0 Å². The van der Waals surface area contributed by atoms with Crippen LogP contribution in [0.2, 0.25) is 0 Å². The van der Waals surface area contributed by atoms with Crippen LogP contribution in [-0.2, 0) is 0 Å². The molecule has 1 aromatic heterocycles. The number of carbonyl (C=O) groups excluding carboxylic acids is 1. The molecule has 0 spiro atoms. The van der Waals surface area contributed by atoms with E-state index in [0.717, 1.165) is 38.5 Å². The predicted octanol–water partition coefficient (Wildman–Crippen LogP) is 1.68. The van der Waals surface area contributed by atoms with Crippen molar-refractivity contribution in [3.8, 4) is 11.4 Å². The van der Waals surface area contributed by atoms with Crippen LogP contribution < -0.4 is 5.32 Å². The SMILES string of the molecule is O=C(N[C@H]1CCCCCC[C@@H]1O)c1ccccc1-c1nn[nH]n1. The van der Waals surface area contributed by atoms with Gasteiger partial charge >= 0.3 is 0 Å². The largest absolute Gasteiger partial charge is 0.391 e. The van der Waals surface area contributed by atoms with E-state index in [-0.39, 0.29) is 11.9 Å². The monoisotopic (exact) mass is 315 g/mol. The summed E-state index contributed by atoms with van der Waals surface area (Å²) >= 11 is 0. The van der Waals surface area contributed by atoms with E-state index in [0.29, 0.717) is 17.0 Å². The number of hydrogen-bond acceptors (Lipinski definition) is 5. The number of carbonyl (C=O) groups is 1. The maximum absolute atomic E-state index is 12.7. The van der Waals surface area contributed by atoms with Crippen molar-refractivity contribution >= 4 is 5.91 Å². The van der Waals surface area contributed by atoms with Gasteiger partial charge in [-0.1, -0.05) is 43.9 Å². The van der Waals surface area contributed by atoms with Crippen LogP contribution in [0.4, 0.5) is 0 Å². The Kier molecular flexibility index (Phi) is 4.97. The highest BCUT2D eigenvalue weighted by Gasteiger charge is 2.24. The summed E-state index contributed by atoms with van der Waals surface area (Å²) in [6.07, 6.45) is 5.38. The lowest BCUT2D eigenvalue weighted by molar-refractivity contribution is 0.0771. The summed E-state index contributed by atoms with van der Waals surface area (Å²) in [5, 5.41) is 27.1. The number of rotatable bonds is 3. The maximum atomic E-state index is 12.7. The first-order chi connectivity index (χ1) is 11.3. The smallest absolute Gasteiger partial charge is 0.252 e. The van der Waals surface area contributed by atoms with Gasteiger partial charge in [-0.3, -0.25) is 4.79 Å². The zero-order valence-corrected chi connectivity index (χ0v) is 12.9. The van der Waals surface area contributed by atoms with E-state index in [2.05, 4.69) is 25.9 Å². The third-order valence-corrected chi connectivity index (χ3v) is 4.30. The number of tetrazole rings is 1. The summed E-state index contributed by atoms with van der Waals surface area (Å²) in [7, 11) is 0. The number of nitrogens with zero attached hydrogens (tertiary/aromatic N) is 3. The van der Waals surface area contributed by atoms with Crippen LogP contribution in [0, 0.1) is 0 Å². The highest BCUT2D eigenvalue weighted by atomic mass is 16.3. The van der Waals surface area contributed by atoms with Crippen LogP contribution in [0.1, 0.15) is 48.9 Å². The molecule has 1 aliphatic carbocycles. The molecule has 23 heavy (non-hydrogen) atoms. The first kappa shape index (κ1) is 15.6. The summed E-state index contributed by atoms with van der Waals surface area (Å²) in [4.78, 5) is 12.7. The molecule has 122 valence electrons. The van der Waals surface area contributed by atoms with Gasteiger partial charge in [0.05, 0.1) is 17.7 Å².